The van der Waals surface area contributed by atoms with Crippen LogP contribution in [0.5, 0.6) is 5.75 Å². The van der Waals surface area contributed by atoms with Crippen LogP contribution < -0.4 is 10.1 Å². The first-order valence-electron chi connectivity index (χ1n) is 8.20. The minimum absolute atomic E-state index is 0.0105. The summed E-state index contributed by atoms with van der Waals surface area (Å²) in [5, 5.41) is 2.92. The number of hydrogen-bond acceptors (Lipinski definition) is 3. The number of benzene rings is 2. The molecule has 0 aliphatic heterocycles. The van der Waals surface area contributed by atoms with E-state index >= 15 is 0 Å². The molecule has 1 aromatic heterocycles. The number of nitrogens with one attached hydrogen (secondary N) is 2. The normalized spacial score (nSPS) is 11.7. The highest BCUT2D eigenvalue weighted by atomic mass is 16.5. The summed E-state index contributed by atoms with van der Waals surface area (Å²) >= 11 is 0. The minimum Gasteiger partial charge on any atom is -0.497 e. The first-order chi connectivity index (χ1) is 12.3. The Bertz CT molecular complexity index is 784. The number of rotatable bonds is 7. The molecular weight excluding hydrogens is 314 g/mol. The fourth-order valence-corrected chi connectivity index (χ4v) is 2.78. The monoisotopic (exact) mass is 335 g/mol. The Morgan fingerprint density at radius 3 is 2.48 bits per heavy atom. The van der Waals surface area contributed by atoms with Crippen molar-refractivity contribution in [2.24, 2.45) is 0 Å². The van der Waals surface area contributed by atoms with Crippen molar-refractivity contribution < 1.29 is 9.53 Å². The third kappa shape index (κ3) is 4.47. The van der Waals surface area contributed by atoms with E-state index < -0.39 is 0 Å². The zero-order chi connectivity index (χ0) is 17.5. The van der Waals surface area contributed by atoms with Crippen LogP contribution in [0, 0.1) is 0 Å². The van der Waals surface area contributed by atoms with Gasteiger partial charge >= 0.3 is 0 Å². The Morgan fingerprint density at radius 2 is 1.84 bits per heavy atom. The molecule has 0 saturated carbocycles. The predicted octanol–water partition coefficient (Wildman–Crippen LogP) is 3.26. The van der Waals surface area contributed by atoms with E-state index in [1.165, 1.54) is 0 Å². The molecule has 2 aromatic carbocycles. The number of imidazole rings is 1. The molecule has 1 amide bonds. The quantitative estimate of drug-likeness (QED) is 0.696. The lowest BCUT2D eigenvalue weighted by atomic mass is 9.88. The van der Waals surface area contributed by atoms with E-state index in [9.17, 15) is 4.79 Å². The molecule has 5 nitrogen and oxygen atoms in total. The number of hydrogen-bond donors (Lipinski definition) is 2. The van der Waals surface area contributed by atoms with Crippen molar-refractivity contribution in [3.8, 4) is 5.75 Å². The Morgan fingerprint density at radius 1 is 1.12 bits per heavy atom. The largest absolute Gasteiger partial charge is 0.497 e. The van der Waals surface area contributed by atoms with Gasteiger partial charge in [-0.2, -0.15) is 0 Å². The molecule has 3 aromatic rings. The Labute approximate surface area is 147 Å². The van der Waals surface area contributed by atoms with Crippen molar-refractivity contribution in [3.63, 3.8) is 0 Å². The molecule has 25 heavy (non-hydrogen) atoms. The lowest BCUT2D eigenvalue weighted by Gasteiger charge is -2.18. The van der Waals surface area contributed by atoms with Gasteiger partial charge in [-0.3, -0.25) is 4.79 Å². The number of carbonyl (C=O) groups is 1. The number of amides is 1. The maximum atomic E-state index is 12.4. The van der Waals surface area contributed by atoms with Gasteiger partial charge in [0.1, 0.15) is 11.6 Å². The summed E-state index contributed by atoms with van der Waals surface area (Å²) in [6, 6.07) is 17.9. The van der Waals surface area contributed by atoms with Gasteiger partial charge < -0.3 is 15.0 Å². The third-order valence-electron chi connectivity index (χ3n) is 4.12. The first-order valence-corrected chi connectivity index (χ1v) is 8.20. The molecule has 128 valence electrons. The molecule has 5 heteroatoms. The maximum Gasteiger partial charge on any atom is 0.221 e. The molecule has 0 saturated heterocycles. The number of aromatic nitrogens is 2. The van der Waals surface area contributed by atoms with Gasteiger partial charge in [0.05, 0.1) is 13.7 Å². The average molecular weight is 335 g/mol. The highest BCUT2D eigenvalue weighted by Gasteiger charge is 2.18. The topological polar surface area (TPSA) is 67.0 Å². The van der Waals surface area contributed by atoms with Crippen LogP contribution in [0.2, 0.25) is 0 Å². The van der Waals surface area contributed by atoms with Crippen LogP contribution in [0.4, 0.5) is 0 Å². The van der Waals surface area contributed by atoms with Crippen molar-refractivity contribution in [2.45, 2.75) is 18.9 Å². The van der Waals surface area contributed by atoms with E-state index in [1.807, 2.05) is 42.5 Å². The SMILES string of the molecule is COc1ccc([C@@H](CC(=O)NCc2ncc[nH]2)c2ccccc2)cc1. The predicted molar refractivity (Wildman–Crippen MR) is 96.3 cm³/mol. The van der Waals surface area contributed by atoms with Gasteiger partial charge in [-0.05, 0) is 23.3 Å². The summed E-state index contributed by atoms with van der Waals surface area (Å²) < 4.78 is 5.23. The Balaban J connectivity index is 1.75. The van der Waals surface area contributed by atoms with Gasteiger partial charge in [-0.25, -0.2) is 4.98 Å². The molecule has 0 unspecified atom stereocenters. The summed E-state index contributed by atoms with van der Waals surface area (Å²) in [6.07, 6.45) is 3.79. The van der Waals surface area contributed by atoms with E-state index in [1.54, 1.807) is 19.5 Å². The lowest BCUT2D eigenvalue weighted by Crippen LogP contribution is -2.25. The minimum atomic E-state index is -0.0129. The van der Waals surface area contributed by atoms with E-state index in [0.29, 0.717) is 13.0 Å². The highest BCUT2D eigenvalue weighted by Crippen LogP contribution is 2.29. The van der Waals surface area contributed by atoms with Gasteiger partial charge in [0.15, 0.2) is 0 Å². The van der Waals surface area contributed by atoms with Crippen LogP contribution in [-0.4, -0.2) is 23.0 Å². The summed E-state index contributed by atoms with van der Waals surface area (Å²) in [6.45, 7) is 0.399. The molecule has 0 spiro atoms. The van der Waals surface area contributed by atoms with Crippen LogP contribution in [0.15, 0.2) is 67.0 Å². The number of H-pyrrole nitrogens is 1. The number of nitrogens with zero attached hydrogens (tertiary/aromatic N) is 1. The Hall–Kier alpha value is -3.08. The number of methoxy groups -OCH3 is 1. The summed E-state index contributed by atoms with van der Waals surface area (Å²) in [7, 11) is 1.64. The standard InChI is InChI=1S/C20H21N3O2/c1-25-17-9-7-16(8-10-17)18(15-5-3-2-4-6-15)13-20(24)23-14-19-21-11-12-22-19/h2-12,18H,13-14H2,1H3,(H,21,22)(H,23,24)/t18-/m0/s1. The number of carbonyl (C=O) groups excluding carboxylic acids is 1. The third-order valence-corrected chi connectivity index (χ3v) is 4.12. The smallest absolute Gasteiger partial charge is 0.221 e. The number of aromatic amines is 1. The fraction of sp³-hybridized carbons (Fsp3) is 0.200. The van der Waals surface area contributed by atoms with Crippen LogP contribution in [0.3, 0.4) is 0 Å². The second-order valence-corrected chi connectivity index (χ2v) is 5.75. The molecule has 2 N–H and O–H groups in total. The van der Waals surface area contributed by atoms with Crippen molar-refractivity contribution in [2.75, 3.05) is 7.11 Å². The van der Waals surface area contributed by atoms with E-state index in [4.69, 9.17) is 4.74 Å². The zero-order valence-electron chi connectivity index (χ0n) is 14.1. The van der Waals surface area contributed by atoms with Crippen LogP contribution >= 0.6 is 0 Å². The zero-order valence-corrected chi connectivity index (χ0v) is 14.1. The number of ether oxygens (including phenoxy) is 1. The summed E-state index contributed by atoms with van der Waals surface area (Å²) in [4.78, 5) is 19.5. The molecule has 0 aliphatic rings. The lowest BCUT2D eigenvalue weighted by molar-refractivity contribution is -0.121. The van der Waals surface area contributed by atoms with Gasteiger partial charge in [0.25, 0.3) is 0 Å². The Kier molecular flexibility index (Phi) is 5.46. The first kappa shape index (κ1) is 16.8. The molecule has 0 fully saturated rings. The average Bonchev–Trinajstić information content (AvgIpc) is 3.19. The molecule has 0 bridgehead atoms. The van der Waals surface area contributed by atoms with Crippen LogP contribution in [-0.2, 0) is 11.3 Å². The second-order valence-electron chi connectivity index (χ2n) is 5.75. The molecule has 1 atom stereocenters. The van der Waals surface area contributed by atoms with Gasteiger partial charge in [-0.15, -0.1) is 0 Å². The second kappa shape index (κ2) is 8.15. The van der Waals surface area contributed by atoms with Crippen molar-refractivity contribution in [3.05, 3.63) is 83.9 Å². The molecule has 0 aliphatic carbocycles. The molecule has 1 heterocycles. The fourth-order valence-electron chi connectivity index (χ4n) is 2.78. The van der Waals surface area contributed by atoms with Crippen molar-refractivity contribution in [1.82, 2.24) is 15.3 Å². The van der Waals surface area contributed by atoms with Crippen LogP contribution in [0.1, 0.15) is 29.3 Å². The van der Waals surface area contributed by atoms with Crippen LogP contribution in [0.25, 0.3) is 0 Å². The maximum absolute atomic E-state index is 12.4. The van der Waals surface area contributed by atoms with Crippen molar-refractivity contribution >= 4 is 5.91 Å². The van der Waals surface area contributed by atoms with Gasteiger partial charge in [0.2, 0.25) is 5.91 Å². The summed E-state index contributed by atoms with van der Waals surface area (Å²) in [5.74, 6) is 1.52. The molecule has 3 rings (SSSR count). The summed E-state index contributed by atoms with van der Waals surface area (Å²) in [5.41, 5.74) is 2.20. The van der Waals surface area contributed by atoms with Crippen molar-refractivity contribution in [1.29, 1.82) is 0 Å². The molecule has 0 radical (unpaired) electrons. The van der Waals surface area contributed by atoms with E-state index in [-0.39, 0.29) is 11.8 Å². The highest BCUT2D eigenvalue weighted by molar-refractivity contribution is 5.77. The van der Waals surface area contributed by atoms with E-state index in [0.717, 1.165) is 22.7 Å². The van der Waals surface area contributed by atoms with Gasteiger partial charge in [0, 0.05) is 24.7 Å². The van der Waals surface area contributed by atoms with E-state index in [2.05, 4.69) is 27.4 Å². The van der Waals surface area contributed by atoms with Gasteiger partial charge in [-0.1, -0.05) is 42.5 Å². The molecular formula is C20H21N3O2.